The van der Waals surface area contributed by atoms with Gasteiger partial charge in [-0.1, -0.05) is 20.3 Å². The first-order valence-corrected chi connectivity index (χ1v) is 8.22. The maximum absolute atomic E-state index is 11.4. The molecule has 1 aliphatic carbocycles. The van der Waals surface area contributed by atoms with Crippen molar-refractivity contribution in [2.45, 2.75) is 43.9 Å². The molecule has 0 spiro atoms. The van der Waals surface area contributed by atoms with Crippen LogP contribution in [0, 0.1) is 5.92 Å². The molecular weight excluding hydrogens is 262 g/mol. The molecule has 1 aliphatic rings. The summed E-state index contributed by atoms with van der Waals surface area (Å²) >= 11 is 0. The van der Waals surface area contributed by atoms with Gasteiger partial charge in [-0.2, -0.15) is 0 Å². The maximum Gasteiger partial charge on any atom is 0.238 e. The minimum atomic E-state index is -3.66. The van der Waals surface area contributed by atoms with Crippen LogP contribution in [0.15, 0.2) is 23.1 Å². The summed E-state index contributed by atoms with van der Waals surface area (Å²) in [6.45, 7) is 4.74. The van der Waals surface area contributed by atoms with Gasteiger partial charge in [-0.25, -0.2) is 13.6 Å². The van der Waals surface area contributed by atoms with Gasteiger partial charge in [0.15, 0.2) is 0 Å². The summed E-state index contributed by atoms with van der Waals surface area (Å²) < 4.78 is 28.6. The van der Waals surface area contributed by atoms with E-state index < -0.39 is 10.0 Å². The van der Waals surface area contributed by atoms with Crippen molar-refractivity contribution in [1.82, 2.24) is 0 Å². The number of hydrogen-bond acceptors (Lipinski definition) is 3. The monoisotopic (exact) mass is 283 g/mol. The van der Waals surface area contributed by atoms with E-state index in [9.17, 15) is 8.42 Å². The molecule has 2 rings (SSSR count). The molecular formula is C14H21NO3S. The van der Waals surface area contributed by atoms with Crippen LogP contribution in [0.4, 0.5) is 0 Å². The Hall–Kier alpha value is -1.07. The van der Waals surface area contributed by atoms with Crippen molar-refractivity contribution >= 4 is 10.0 Å². The van der Waals surface area contributed by atoms with Crippen LogP contribution in [0.5, 0.6) is 5.75 Å². The first-order chi connectivity index (χ1) is 8.88. The SMILES string of the molecule is CC(C)c1cc(S(N)(=O)=O)ccc1OCC1CCC1. The van der Waals surface area contributed by atoms with Crippen molar-refractivity contribution in [2.75, 3.05) is 6.61 Å². The zero-order valence-electron chi connectivity index (χ0n) is 11.4. The topological polar surface area (TPSA) is 69.4 Å². The van der Waals surface area contributed by atoms with Crippen LogP contribution in [0.25, 0.3) is 0 Å². The summed E-state index contributed by atoms with van der Waals surface area (Å²) in [6, 6.07) is 4.85. The first-order valence-electron chi connectivity index (χ1n) is 6.67. The normalized spacial score (nSPS) is 16.4. The van der Waals surface area contributed by atoms with E-state index in [1.807, 2.05) is 13.8 Å². The van der Waals surface area contributed by atoms with E-state index in [0.717, 1.165) is 11.3 Å². The van der Waals surface area contributed by atoms with Gasteiger partial charge in [-0.15, -0.1) is 0 Å². The van der Waals surface area contributed by atoms with E-state index in [-0.39, 0.29) is 10.8 Å². The van der Waals surface area contributed by atoms with E-state index in [0.29, 0.717) is 12.5 Å². The smallest absolute Gasteiger partial charge is 0.238 e. The minimum Gasteiger partial charge on any atom is -0.493 e. The van der Waals surface area contributed by atoms with Crippen molar-refractivity contribution in [1.29, 1.82) is 0 Å². The van der Waals surface area contributed by atoms with Gasteiger partial charge in [0, 0.05) is 0 Å². The molecule has 4 nitrogen and oxygen atoms in total. The molecule has 0 amide bonds. The van der Waals surface area contributed by atoms with Crippen LogP contribution in [-0.2, 0) is 10.0 Å². The molecule has 1 saturated carbocycles. The zero-order valence-corrected chi connectivity index (χ0v) is 12.2. The summed E-state index contributed by atoms with van der Waals surface area (Å²) in [7, 11) is -3.66. The van der Waals surface area contributed by atoms with E-state index in [1.54, 1.807) is 12.1 Å². The first kappa shape index (κ1) is 14.3. The van der Waals surface area contributed by atoms with Crippen molar-refractivity contribution in [3.63, 3.8) is 0 Å². The van der Waals surface area contributed by atoms with Crippen molar-refractivity contribution in [3.8, 4) is 5.75 Å². The lowest BCUT2D eigenvalue weighted by Gasteiger charge is -2.26. The molecule has 0 aliphatic heterocycles. The largest absolute Gasteiger partial charge is 0.493 e. The Balaban J connectivity index is 2.22. The van der Waals surface area contributed by atoms with E-state index in [2.05, 4.69) is 0 Å². The lowest BCUT2D eigenvalue weighted by atomic mass is 9.86. The fourth-order valence-corrected chi connectivity index (χ4v) is 2.70. The molecule has 2 N–H and O–H groups in total. The van der Waals surface area contributed by atoms with Gasteiger partial charge >= 0.3 is 0 Å². The number of benzene rings is 1. The molecule has 19 heavy (non-hydrogen) atoms. The Morgan fingerprint density at radius 3 is 2.53 bits per heavy atom. The molecule has 1 aromatic rings. The molecule has 0 bridgehead atoms. The van der Waals surface area contributed by atoms with Gasteiger partial charge in [0.05, 0.1) is 11.5 Å². The molecule has 0 saturated heterocycles. The molecule has 0 heterocycles. The van der Waals surface area contributed by atoms with Crippen LogP contribution >= 0.6 is 0 Å². The molecule has 106 valence electrons. The highest BCUT2D eigenvalue weighted by Gasteiger charge is 2.20. The summed E-state index contributed by atoms with van der Waals surface area (Å²) in [5.41, 5.74) is 0.894. The van der Waals surface area contributed by atoms with Gasteiger partial charge in [-0.3, -0.25) is 0 Å². The van der Waals surface area contributed by atoms with E-state index in [4.69, 9.17) is 9.88 Å². The van der Waals surface area contributed by atoms with Gasteiger partial charge < -0.3 is 4.74 Å². The minimum absolute atomic E-state index is 0.146. The standard InChI is InChI=1S/C14H21NO3S/c1-10(2)13-8-12(19(15,16)17)6-7-14(13)18-9-11-4-3-5-11/h6-8,10-11H,3-5,9H2,1-2H3,(H2,15,16,17). The molecule has 0 unspecified atom stereocenters. The molecule has 0 atom stereocenters. The number of sulfonamides is 1. The zero-order chi connectivity index (χ0) is 14.0. The number of nitrogens with two attached hydrogens (primary N) is 1. The Labute approximate surface area is 115 Å². The second kappa shape index (κ2) is 5.51. The quantitative estimate of drug-likeness (QED) is 0.903. The molecule has 0 radical (unpaired) electrons. The number of hydrogen-bond donors (Lipinski definition) is 1. The fraction of sp³-hybridized carbons (Fsp3) is 0.571. The van der Waals surface area contributed by atoms with Gasteiger partial charge in [0.2, 0.25) is 10.0 Å². The third-order valence-corrected chi connectivity index (χ3v) is 4.54. The summed E-state index contributed by atoms with van der Waals surface area (Å²) in [5.74, 6) is 1.62. The predicted octanol–water partition coefficient (Wildman–Crippen LogP) is 2.64. The highest BCUT2D eigenvalue weighted by Crippen LogP contribution is 2.31. The number of primary sulfonamides is 1. The average Bonchev–Trinajstić information content (AvgIpc) is 2.25. The van der Waals surface area contributed by atoms with Crippen molar-refractivity contribution in [3.05, 3.63) is 23.8 Å². The predicted molar refractivity (Wildman–Crippen MR) is 74.7 cm³/mol. The number of ether oxygens (including phenoxy) is 1. The van der Waals surface area contributed by atoms with Crippen LogP contribution in [0.2, 0.25) is 0 Å². The van der Waals surface area contributed by atoms with Crippen LogP contribution < -0.4 is 9.88 Å². The second-order valence-electron chi connectivity index (χ2n) is 5.51. The molecule has 1 aromatic carbocycles. The Morgan fingerprint density at radius 2 is 2.05 bits per heavy atom. The summed E-state index contributed by atoms with van der Waals surface area (Å²) in [4.78, 5) is 0.146. The highest BCUT2D eigenvalue weighted by molar-refractivity contribution is 7.89. The third-order valence-electron chi connectivity index (χ3n) is 3.63. The second-order valence-corrected chi connectivity index (χ2v) is 7.07. The van der Waals surface area contributed by atoms with E-state index >= 15 is 0 Å². The molecule has 1 fully saturated rings. The van der Waals surface area contributed by atoms with Crippen LogP contribution in [-0.4, -0.2) is 15.0 Å². The van der Waals surface area contributed by atoms with Crippen molar-refractivity contribution < 1.29 is 13.2 Å². The van der Waals surface area contributed by atoms with E-state index in [1.165, 1.54) is 25.3 Å². The average molecular weight is 283 g/mol. The van der Waals surface area contributed by atoms with Crippen molar-refractivity contribution in [2.24, 2.45) is 11.1 Å². The molecule has 5 heteroatoms. The van der Waals surface area contributed by atoms with Gasteiger partial charge in [0.25, 0.3) is 0 Å². The third kappa shape index (κ3) is 3.48. The maximum atomic E-state index is 11.4. The van der Waals surface area contributed by atoms with Crippen LogP contribution in [0.3, 0.4) is 0 Å². The highest BCUT2D eigenvalue weighted by atomic mass is 32.2. The van der Waals surface area contributed by atoms with Gasteiger partial charge in [-0.05, 0) is 48.4 Å². The summed E-state index contributed by atoms with van der Waals surface area (Å²) in [6.07, 6.45) is 3.74. The fourth-order valence-electron chi connectivity index (χ4n) is 2.15. The Bertz CT molecular complexity index is 548. The lowest BCUT2D eigenvalue weighted by molar-refractivity contribution is 0.179. The molecule has 0 aromatic heterocycles. The van der Waals surface area contributed by atoms with Crippen LogP contribution in [0.1, 0.15) is 44.6 Å². The lowest BCUT2D eigenvalue weighted by Crippen LogP contribution is -2.20. The Morgan fingerprint density at radius 1 is 1.37 bits per heavy atom. The number of rotatable bonds is 5. The van der Waals surface area contributed by atoms with Gasteiger partial charge in [0.1, 0.15) is 5.75 Å². The summed E-state index contributed by atoms with van der Waals surface area (Å²) in [5, 5.41) is 5.16. The Kier molecular flexibility index (Phi) is 4.16.